The van der Waals surface area contributed by atoms with E-state index in [1.165, 1.54) is 30.1 Å². The summed E-state index contributed by atoms with van der Waals surface area (Å²) in [5, 5.41) is 14.4. The number of nitrogens with zero attached hydrogens (tertiary/aromatic N) is 1. The van der Waals surface area contributed by atoms with Gasteiger partial charge in [0, 0.05) is 20.5 Å². The number of rotatable bonds is 5. The van der Waals surface area contributed by atoms with Crippen molar-refractivity contribution < 1.29 is 9.90 Å². The van der Waals surface area contributed by atoms with Crippen molar-refractivity contribution in [3.8, 4) is 5.75 Å². The normalized spacial score (nSPS) is 12.3. The molecule has 0 saturated heterocycles. The number of hydrogen-bond acceptors (Lipinski definition) is 4. The number of carbonyl (C=O) groups excluding carboxylic acids is 1. The second-order valence-electron chi connectivity index (χ2n) is 4.77. The van der Waals surface area contributed by atoms with E-state index < -0.39 is 0 Å². The molecule has 8 heteroatoms. The van der Waals surface area contributed by atoms with Crippen molar-refractivity contribution in [2.24, 2.45) is 5.10 Å². The molecule has 0 radical (unpaired) electrons. The fraction of sp³-hybridized carbons (Fsp3) is 0.125. The third-order valence-electron chi connectivity index (χ3n) is 2.93. The molecule has 0 bridgehead atoms. The highest BCUT2D eigenvalue weighted by molar-refractivity contribution is 8.00. The molecule has 0 spiro atoms. The van der Waals surface area contributed by atoms with Crippen LogP contribution in [0.1, 0.15) is 12.5 Å². The maximum absolute atomic E-state index is 12.0. The first-order chi connectivity index (χ1) is 11.4. The van der Waals surface area contributed by atoms with E-state index in [2.05, 4.69) is 10.5 Å². The average Bonchev–Trinajstić information content (AvgIpc) is 2.53. The van der Waals surface area contributed by atoms with E-state index in [0.29, 0.717) is 15.6 Å². The molecule has 0 saturated carbocycles. The molecule has 0 fully saturated rings. The maximum atomic E-state index is 12.0. The van der Waals surface area contributed by atoms with Gasteiger partial charge < -0.3 is 5.11 Å². The van der Waals surface area contributed by atoms with Gasteiger partial charge in [-0.15, -0.1) is 11.8 Å². The van der Waals surface area contributed by atoms with Crippen LogP contribution in [-0.4, -0.2) is 22.5 Å². The molecule has 0 aliphatic heterocycles. The number of thioether (sulfide) groups is 1. The lowest BCUT2D eigenvalue weighted by atomic mass is 10.2. The molecule has 24 heavy (non-hydrogen) atoms. The van der Waals surface area contributed by atoms with E-state index in [1.807, 2.05) is 12.1 Å². The van der Waals surface area contributed by atoms with Gasteiger partial charge in [-0.3, -0.25) is 4.79 Å². The quantitative estimate of drug-likeness (QED) is 0.420. The molecule has 0 aliphatic carbocycles. The summed E-state index contributed by atoms with van der Waals surface area (Å²) in [5.74, 6) is -0.429. The zero-order valence-electron chi connectivity index (χ0n) is 12.5. The molecule has 0 unspecified atom stereocenters. The summed E-state index contributed by atoms with van der Waals surface area (Å²) in [6, 6.07) is 10.1. The second-order valence-corrected chi connectivity index (χ2v) is 7.47. The molecule has 2 rings (SSSR count). The molecule has 4 nitrogen and oxygen atoms in total. The summed E-state index contributed by atoms with van der Waals surface area (Å²) in [6.45, 7) is 1.76. The molecule has 1 atom stereocenters. The average molecular weight is 404 g/mol. The van der Waals surface area contributed by atoms with Gasteiger partial charge in [-0.25, -0.2) is 5.43 Å². The Morgan fingerprint density at radius 1 is 1.21 bits per heavy atom. The first kappa shape index (κ1) is 18.9. The highest BCUT2D eigenvalue weighted by Crippen LogP contribution is 2.30. The number of phenolic OH excluding ortho intramolecular Hbond substituents is 1. The first-order valence-corrected chi connectivity index (χ1v) is 8.81. The van der Waals surface area contributed by atoms with Crippen LogP contribution >= 0.6 is 46.6 Å². The minimum Gasteiger partial charge on any atom is -0.506 e. The summed E-state index contributed by atoms with van der Waals surface area (Å²) >= 11 is 18.9. The molecule has 0 aliphatic rings. The van der Waals surface area contributed by atoms with Crippen LogP contribution in [-0.2, 0) is 4.79 Å². The Bertz CT molecular complexity index is 767. The van der Waals surface area contributed by atoms with Crippen LogP contribution in [0.15, 0.2) is 46.4 Å². The van der Waals surface area contributed by atoms with Crippen LogP contribution in [0, 0.1) is 0 Å². The predicted molar refractivity (Wildman–Crippen MR) is 101 cm³/mol. The summed E-state index contributed by atoms with van der Waals surface area (Å²) < 4.78 is 0. The molecule has 2 N–H and O–H groups in total. The van der Waals surface area contributed by atoms with Gasteiger partial charge in [-0.1, -0.05) is 34.8 Å². The highest BCUT2D eigenvalue weighted by Gasteiger charge is 2.14. The third kappa shape index (κ3) is 5.31. The molecule has 2 aromatic carbocycles. The molecule has 0 heterocycles. The smallest absolute Gasteiger partial charge is 0.253 e. The maximum Gasteiger partial charge on any atom is 0.253 e. The Morgan fingerprint density at radius 2 is 1.88 bits per heavy atom. The zero-order valence-corrected chi connectivity index (χ0v) is 15.5. The van der Waals surface area contributed by atoms with E-state index in [-0.39, 0.29) is 21.9 Å². The number of halogens is 3. The van der Waals surface area contributed by atoms with Crippen molar-refractivity contribution in [3.63, 3.8) is 0 Å². The van der Waals surface area contributed by atoms with E-state index in [4.69, 9.17) is 34.8 Å². The van der Waals surface area contributed by atoms with Crippen molar-refractivity contribution in [1.29, 1.82) is 0 Å². The lowest BCUT2D eigenvalue weighted by Gasteiger charge is -2.09. The standard InChI is InChI=1S/C16H13Cl3N2O2S/c1-9(24-13-4-2-11(17)3-5-13)16(23)21-20-8-10-6-12(18)7-14(19)15(10)22/h2-9,22H,1H3,(H,21,23)/b20-8-/t9-/m0/s1. The van der Waals surface area contributed by atoms with Gasteiger partial charge >= 0.3 is 0 Å². The number of benzene rings is 2. The number of hydrogen-bond donors (Lipinski definition) is 2. The minimum absolute atomic E-state index is 0.113. The summed E-state index contributed by atoms with van der Waals surface area (Å²) in [4.78, 5) is 13.0. The number of hydrazone groups is 1. The van der Waals surface area contributed by atoms with Crippen molar-refractivity contribution in [2.75, 3.05) is 0 Å². The van der Waals surface area contributed by atoms with Crippen molar-refractivity contribution in [2.45, 2.75) is 17.1 Å². The van der Waals surface area contributed by atoms with E-state index in [0.717, 1.165) is 4.90 Å². The van der Waals surface area contributed by atoms with Crippen molar-refractivity contribution in [1.82, 2.24) is 5.43 Å². The van der Waals surface area contributed by atoms with Crippen molar-refractivity contribution in [3.05, 3.63) is 57.0 Å². The van der Waals surface area contributed by atoms with Gasteiger partial charge in [0.25, 0.3) is 5.91 Å². The SMILES string of the molecule is C[C@H](Sc1ccc(Cl)cc1)C(=O)N/N=C\c1cc(Cl)cc(Cl)c1O. The van der Waals surface area contributed by atoms with Gasteiger partial charge in [0.2, 0.25) is 0 Å². The Hall–Kier alpha value is -1.40. The number of nitrogens with one attached hydrogen (secondary N) is 1. The van der Waals surface area contributed by atoms with Gasteiger partial charge in [0.15, 0.2) is 0 Å². The Morgan fingerprint density at radius 3 is 2.54 bits per heavy atom. The van der Waals surface area contributed by atoms with Gasteiger partial charge in [-0.2, -0.15) is 5.10 Å². The predicted octanol–water partition coefficient (Wildman–Crippen LogP) is 4.98. The summed E-state index contributed by atoms with van der Waals surface area (Å²) in [7, 11) is 0. The number of amides is 1. The topological polar surface area (TPSA) is 61.7 Å². The molecular weight excluding hydrogens is 391 g/mol. The number of carbonyl (C=O) groups is 1. The zero-order chi connectivity index (χ0) is 17.7. The molecule has 126 valence electrons. The number of phenols is 1. The van der Waals surface area contributed by atoms with Crippen LogP contribution in [0.3, 0.4) is 0 Å². The second kappa shape index (κ2) is 8.62. The lowest BCUT2D eigenvalue weighted by Crippen LogP contribution is -2.26. The van der Waals surface area contributed by atoms with Crippen LogP contribution in [0.4, 0.5) is 0 Å². The van der Waals surface area contributed by atoms with Crippen molar-refractivity contribution >= 4 is 58.7 Å². The van der Waals surface area contributed by atoms with E-state index >= 15 is 0 Å². The Labute approximate surface area is 158 Å². The molecule has 0 aromatic heterocycles. The minimum atomic E-state index is -0.361. The monoisotopic (exact) mass is 402 g/mol. The highest BCUT2D eigenvalue weighted by atomic mass is 35.5. The van der Waals surface area contributed by atoms with Crippen LogP contribution in [0.5, 0.6) is 5.75 Å². The van der Waals surface area contributed by atoms with E-state index in [9.17, 15) is 9.90 Å². The lowest BCUT2D eigenvalue weighted by molar-refractivity contribution is -0.120. The number of aromatic hydroxyl groups is 1. The fourth-order valence-corrected chi connectivity index (χ4v) is 3.21. The fourth-order valence-electron chi connectivity index (χ4n) is 1.71. The summed E-state index contributed by atoms with van der Waals surface area (Å²) in [5.41, 5.74) is 2.73. The molecule has 1 amide bonds. The Balaban J connectivity index is 1.96. The van der Waals surface area contributed by atoms with Crippen LogP contribution < -0.4 is 5.43 Å². The van der Waals surface area contributed by atoms with Gasteiger partial charge in [0.05, 0.1) is 16.5 Å². The summed E-state index contributed by atoms with van der Waals surface area (Å²) in [6.07, 6.45) is 1.28. The van der Waals surface area contributed by atoms with Crippen LogP contribution in [0.25, 0.3) is 0 Å². The largest absolute Gasteiger partial charge is 0.506 e. The molecular formula is C16H13Cl3N2O2S. The molecule has 2 aromatic rings. The van der Waals surface area contributed by atoms with E-state index in [1.54, 1.807) is 19.1 Å². The van der Waals surface area contributed by atoms with Gasteiger partial charge in [0.1, 0.15) is 5.75 Å². The van der Waals surface area contributed by atoms with Gasteiger partial charge in [-0.05, 0) is 43.3 Å². The Kier molecular flexibility index (Phi) is 6.80. The van der Waals surface area contributed by atoms with Crippen LogP contribution in [0.2, 0.25) is 15.1 Å². The third-order valence-corrected chi connectivity index (χ3v) is 4.80. The first-order valence-electron chi connectivity index (χ1n) is 6.80.